The van der Waals surface area contributed by atoms with Crippen molar-refractivity contribution < 1.29 is 4.79 Å². The number of nitrogens with zero attached hydrogens (tertiary/aromatic N) is 4. The summed E-state index contributed by atoms with van der Waals surface area (Å²) in [6.07, 6.45) is 7.00. The average Bonchev–Trinajstić information content (AvgIpc) is 3.14. The molecule has 3 rings (SSSR count). The van der Waals surface area contributed by atoms with Crippen LogP contribution in [0.5, 0.6) is 0 Å². The minimum atomic E-state index is -0.122. The van der Waals surface area contributed by atoms with E-state index < -0.39 is 0 Å². The van der Waals surface area contributed by atoms with Gasteiger partial charge >= 0.3 is 0 Å². The maximum absolute atomic E-state index is 11.8. The molecule has 7 nitrogen and oxygen atoms in total. The van der Waals surface area contributed by atoms with Crippen molar-refractivity contribution in [3.63, 3.8) is 0 Å². The number of hydrogen-bond acceptors (Lipinski definition) is 5. The SMILES string of the molecule is O=C(NCCNc1ccc(-n2cccc2)nn1)c1ccncc1. The van der Waals surface area contributed by atoms with E-state index in [4.69, 9.17) is 0 Å². The van der Waals surface area contributed by atoms with Crippen LogP contribution in [0.3, 0.4) is 0 Å². The molecule has 0 spiro atoms. The van der Waals surface area contributed by atoms with Gasteiger partial charge in [0.25, 0.3) is 5.91 Å². The first-order chi connectivity index (χ1) is 11.3. The van der Waals surface area contributed by atoms with Gasteiger partial charge in [0.05, 0.1) is 0 Å². The Labute approximate surface area is 133 Å². The van der Waals surface area contributed by atoms with Gasteiger partial charge in [-0.15, -0.1) is 10.2 Å². The Morgan fingerprint density at radius 2 is 1.78 bits per heavy atom. The normalized spacial score (nSPS) is 10.3. The molecule has 0 saturated carbocycles. The van der Waals surface area contributed by atoms with Gasteiger partial charge in [-0.3, -0.25) is 9.78 Å². The summed E-state index contributed by atoms with van der Waals surface area (Å²) < 4.78 is 1.88. The highest BCUT2D eigenvalue weighted by Gasteiger charge is 2.03. The Bertz CT molecular complexity index is 740. The van der Waals surface area contributed by atoms with Gasteiger partial charge < -0.3 is 15.2 Å². The number of anilines is 1. The van der Waals surface area contributed by atoms with Crippen LogP contribution >= 0.6 is 0 Å². The first kappa shape index (κ1) is 14.7. The Morgan fingerprint density at radius 1 is 1.00 bits per heavy atom. The van der Waals surface area contributed by atoms with Gasteiger partial charge in [-0.2, -0.15) is 0 Å². The second-order valence-electron chi connectivity index (χ2n) is 4.79. The molecule has 3 heterocycles. The van der Waals surface area contributed by atoms with Crippen LogP contribution < -0.4 is 10.6 Å². The van der Waals surface area contributed by atoms with Crippen molar-refractivity contribution >= 4 is 11.7 Å². The highest BCUT2D eigenvalue weighted by molar-refractivity contribution is 5.93. The fourth-order valence-electron chi connectivity index (χ4n) is 2.02. The summed E-state index contributed by atoms with van der Waals surface area (Å²) >= 11 is 0. The zero-order chi connectivity index (χ0) is 15.9. The van der Waals surface area contributed by atoms with Crippen molar-refractivity contribution in [1.29, 1.82) is 0 Å². The van der Waals surface area contributed by atoms with Gasteiger partial charge in [-0.05, 0) is 36.4 Å². The molecule has 2 N–H and O–H groups in total. The van der Waals surface area contributed by atoms with Crippen LogP contribution in [0.15, 0.2) is 61.2 Å². The highest BCUT2D eigenvalue weighted by atomic mass is 16.1. The molecule has 0 unspecified atom stereocenters. The molecule has 0 aliphatic heterocycles. The van der Waals surface area contributed by atoms with Gasteiger partial charge in [0.15, 0.2) is 5.82 Å². The van der Waals surface area contributed by atoms with Gasteiger partial charge in [-0.25, -0.2) is 0 Å². The Kier molecular flexibility index (Phi) is 4.58. The van der Waals surface area contributed by atoms with E-state index >= 15 is 0 Å². The standard InChI is InChI=1S/C16H16N6O/c23-16(13-5-7-17-8-6-13)19-10-9-18-14-3-4-15(21-20-14)22-11-1-2-12-22/h1-8,11-12H,9-10H2,(H,18,20)(H,19,23). The van der Waals surface area contributed by atoms with Gasteiger partial charge in [0, 0.05) is 43.4 Å². The summed E-state index contributed by atoms with van der Waals surface area (Å²) in [7, 11) is 0. The largest absolute Gasteiger partial charge is 0.367 e. The van der Waals surface area contributed by atoms with Crippen molar-refractivity contribution in [2.75, 3.05) is 18.4 Å². The number of pyridine rings is 1. The molecular weight excluding hydrogens is 292 g/mol. The Balaban J connectivity index is 1.45. The first-order valence-electron chi connectivity index (χ1n) is 7.22. The molecule has 7 heteroatoms. The lowest BCUT2D eigenvalue weighted by molar-refractivity contribution is 0.0955. The lowest BCUT2D eigenvalue weighted by Gasteiger charge is -2.07. The van der Waals surface area contributed by atoms with Crippen LogP contribution in [0.4, 0.5) is 5.82 Å². The number of aromatic nitrogens is 4. The van der Waals surface area contributed by atoms with E-state index in [1.54, 1.807) is 24.5 Å². The van der Waals surface area contributed by atoms with Crippen molar-refractivity contribution in [1.82, 2.24) is 25.1 Å². The first-order valence-corrected chi connectivity index (χ1v) is 7.22. The molecule has 0 atom stereocenters. The molecule has 0 bridgehead atoms. The molecule has 0 aromatic carbocycles. The number of hydrogen-bond donors (Lipinski definition) is 2. The highest BCUT2D eigenvalue weighted by Crippen LogP contribution is 2.06. The molecule has 1 amide bonds. The Morgan fingerprint density at radius 3 is 2.48 bits per heavy atom. The van der Waals surface area contributed by atoms with E-state index in [0.29, 0.717) is 24.5 Å². The summed E-state index contributed by atoms with van der Waals surface area (Å²) in [5.74, 6) is 1.30. The third kappa shape index (κ3) is 3.91. The smallest absolute Gasteiger partial charge is 0.251 e. The number of carbonyl (C=O) groups is 1. The molecule has 0 radical (unpaired) electrons. The zero-order valence-corrected chi connectivity index (χ0v) is 12.4. The van der Waals surface area contributed by atoms with Crippen LogP contribution in [0.1, 0.15) is 10.4 Å². The third-order valence-electron chi connectivity index (χ3n) is 3.18. The molecule has 3 aromatic heterocycles. The Hall–Kier alpha value is -3.22. The summed E-state index contributed by atoms with van der Waals surface area (Å²) in [5.41, 5.74) is 0.593. The lowest BCUT2D eigenvalue weighted by Crippen LogP contribution is -2.28. The van der Waals surface area contributed by atoms with E-state index in [-0.39, 0.29) is 5.91 Å². The minimum Gasteiger partial charge on any atom is -0.367 e. The maximum atomic E-state index is 11.8. The minimum absolute atomic E-state index is 0.122. The van der Waals surface area contributed by atoms with E-state index in [1.165, 1.54) is 0 Å². The van der Waals surface area contributed by atoms with Crippen LogP contribution in [-0.4, -0.2) is 38.7 Å². The van der Waals surface area contributed by atoms with E-state index in [9.17, 15) is 4.79 Å². The number of amides is 1. The fraction of sp³-hybridized carbons (Fsp3) is 0.125. The predicted molar refractivity (Wildman–Crippen MR) is 86.4 cm³/mol. The molecule has 0 aliphatic rings. The van der Waals surface area contributed by atoms with E-state index in [2.05, 4.69) is 25.8 Å². The number of carbonyl (C=O) groups excluding carboxylic acids is 1. The average molecular weight is 308 g/mol. The van der Waals surface area contributed by atoms with Crippen molar-refractivity contribution in [3.05, 3.63) is 66.7 Å². The van der Waals surface area contributed by atoms with Crippen molar-refractivity contribution in [2.24, 2.45) is 0 Å². The lowest BCUT2D eigenvalue weighted by atomic mass is 10.2. The van der Waals surface area contributed by atoms with Crippen LogP contribution in [0.2, 0.25) is 0 Å². The number of rotatable bonds is 6. The topological polar surface area (TPSA) is 84.7 Å². The maximum Gasteiger partial charge on any atom is 0.251 e. The molecular formula is C16H16N6O. The van der Waals surface area contributed by atoms with Gasteiger partial charge in [-0.1, -0.05) is 0 Å². The monoisotopic (exact) mass is 308 g/mol. The molecule has 0 fully saturated rings. The predicted octanol–water partition coefficient (Wildman–Crippen LogP) is 1.50. The van der Waals surface area contributed by atoms with Crippen LogP contribution in [0.25, 0.3) is 5.82 Å². The van der Waals surface area contributed by atoms with E-state index in [0.717, 1.165) is 5.82 Å². The van der Waals surface area contributed by atoms with E-state index in [1.807, 2.05) is 41.2 Å². The molecule has 3 aromatic rings. The van der Waals surface area contributed by atoms with Gasteiger partial charge in [0.1, 0.15) is 5.82 Å². The fourth-order valence-corrected chi connectivity index (χ4v) is 2.02. The summed E-state index contributed by atoms with van der Waals surface area (Å²) in [6.45, 7) is 1.05. The summed E-state index contributed by atoms with van der Waals surface area (Å²) in [5, 5.41) is 14.2. The van der Waals surface area contributed by atoms with Crippen molar-refractivity contribution in [2.45, 2.75) is 0 Å². The molecule has 0 aliphatic carbocycles. The second-order valence-corrected chi connectivity index (χ2v) is 4.79. The molecule has 116 valence electrons. The summed E-state index contributed by atoms with van der Waals surface area (Å²) in [6, 6.07) is 10.9. The van der Waals surface area contributed by atoms with Crippen molar-refractivity contribution in [3.8, 4) is 5.82 Å². The van der Waals surface area contributed by atoms with Crippen LogP contribution in [0, 0.1) is 0 Å². The quantitative estimate of drug-likeness (QED) is 0.674. The molecule has 0 saturated heterocycles. The number of nitrogens with one attached hydrogen (secondary N) is 2. The summed E-state index contributed by atoms with van der Waals surface area (Å²) in [4.78, 5) is 15.7. The third-order valence-corrected chi connectivity index (χ3v) is 3.18. The zero-order valence-electron chi connectivity index (χ0n) is 12.4. The van der Waals surface area contributed by atoms with Crippen LogP contribution in [-0.2, 0) is 0 Å². The van der Waals surface area contributed by atoms with Gasteiger partial charge in [0.2, 0.25) is 0 Å². The molecule has 23 heavy (non-hydrogen) atoms. The second kappa shape index (κ2) is 7.17.